The molecule has 2 aliphatic heterocycles. The van der Waals surface area contributed by atoms with Crippen molar-refractivity contribution in [3.63, 3.8) is 0 Å². The minimum Gasteiger partial charge on any atom is -0.459 e. The number of ether oxygens (including phenoxy) is 2. The van der Waals surface area contributed by atoms with Gasteiger partial charge >= 0.3 is 5.97 Å². The van der Waals surface area contributed by atoms with E-state index in [9.17, 15) is 9.90 Å². The van der Waals surface area contributed by atoms with Crippen LogP contribution in [0.5, 0.6) is 0 Å². The summed E-state index contributed by atoms with van der Waals surface area (Å²) in [6.07, 6.45) is 3.65. The number of hydrogen-bond donors (Lipinski definition) is 1. The maximum Gasteiger partial charge on any atom is 0.336 e. The maximum absolute atomic E-state index is 11.1. The number of hydrogen-bond acceptors (Lipinski definition) is 4. The topological polar surface area (TPSA) is 55.8 Å². The van der Waals surface area contributed by atoms with Crippen LogP contribution in [0.4, 0.5) is 0 Å². The molecule has 0 spiro atoms. The zero-order valence-corrected chi connectivity index (χ0v) is 7.84. The molecule has 0 aromatic carbocycles. The highest BCUT2D eigenvalue weighted by atomic mass is 16.6. The van der Waals surface area contributed by atoms with Crippen molar-refractivity contribution in [2.24, 2.45) is 0 Å². The van der Waals surface area contributed by atoms with E-state index in [0.717, 1.165) is 0 Å². The predicted octanol–water partition coefficient (Wildman–Crippen LogP) is 0.174. The number of carbonyl (C=O) groups is 1. The summed E-state index contributed by atoms with van der Waals surface area (Å²) in [4.78, 5) is 11.1. The van der Waals surface area contributed by atoms with Gasteiger partial charge in [0.1, 0.15) is 24.9 Å². The van der Waals surface area contributed by atoms with E-state index in [2.05, 4.69) is 0 Å². The van der Waals surface area contributed by atoms with E-state index >= 15 is 0 Å². The van der Waals surface area contributed by atoms with Crippen LogP contribution < -0.4 is 0 Å². The molecule has 4 heteroatoms. The molecule has 0 saturated carbocycles. The molecule has 0 unspecified atom stereocenters. The summed E-state index contributed by atoms with van der Waals surface area (Å²) in [6.45, 7) is 2.11. The highest BCUT2D eigenvalue weighted by Crippen LogP contribution is 2.26. The largest absolute Gasteiger partial charge is 0.459 e. The van der Waals surface area contributed by atoms with Crippen LogP contribution in [-0.4, -0.2) is 36.0 Å². The summed E-state index contributed by atoms with van der Waals surface area (Å²) in [5, 5.41) is 9.60. The van der Waals surface area contributed by atoms with Crippen LogP contribution in [-0.2, 0) is 14.3 Å². The molecule has 0 radical (unpaired) electrons. The second kappa shape index (κ2) is 3.55. The van der Waals surface area contributed by atoms with Gasteiger partial charge in [-0.2, -0.15) is 0 Å². The molecule has 2 rings (SSSR count). The van der Waals surface area contributed by atoms with Crippen LogP contribution in [0.2, 0.25) is 0 Å². The minimum atomic E-state index is -0.761. The van der Waals surface area contributed by atoms with Gasteiger partial charge in [-0.05, 0) is 13.0 Å². The van der Waals surface area contributed by atoms with Crippen LogP contribution >= 0.6 is 0 Å². The summed E-state index contributed by atoms with van der Waals surface area (Å²) in [5.41, 5.74) is 0.443. The van der Waals surface area contributed by atoms with E-state index in [1.54, 1.807) is 6.08 Å². The van der Waals surface area contributed by atoms with Crippen LogP contribution in [0.15, 0.2) is 23.8 Å². The van der Waals surface area contributed by atoms with Crippen molar-refractivity contribution in [2.45, 2.75) is 25.2 Å². The molecule has 76 valence electrons. The Morgan fingerprint density at radius 1 is 1.64 bits per heavy atom. The van der Waals surface area contributed by atoms with E-state index in [1.165, 1.54) is 6.08 Å². The zero-order chi connectivity index (χ0) is 10.1. The molecular formula is C10H12O4. The zero-order valence-electron chi connectivity index (χ0n) is 7.84. The quantitative estimate of drug-likeness (QED) is 0.480. The number of cyclic esters (lactones) is 1. The van der Waals surface area contributed by atoms with Gasteiger partial charge in [0.2, 0.25) is 0 Å². The van der Waals surface area contributed by atoms with Crippen molar-refractivity contribution in [1.82, 2.24) is 0 Å². The Morgan fingerprint density at radius 2 is 2.43 bits per heavy atom. The predicted molar refractivity (Wildman–Crippen MR) is 48.5 cm³/mol. The number of aliphatic hydroxyl groups is 1. The van der Waals surface area contributed by atoms with Gasteiger partial charge in [0.25, 0.3) is 0 Å². The number of carbonyl (C=O) groups excluding carboxylic acids is 1. The number of fused-ring (bicyclic) bond motifs is 1. The average molecular weight is 196 g/mol. The Bertz CT molecular complexity index is 305. The lowest BCUT2D eigenvalue weighted by Crippen LogP contribution is -2.36. The van der Waals surface area contributed by atoms with Gasteiger partial charge in [-0.25, -0.2) is 4.79 Å². The Hall–Kier alpha value is -1.13. The Labute approximate surface area is 81.8 Å². The van der Waals surface area contributed by atoms with E-state index < -0.39 is 6.10 Å². The first kappa shape index (κ1) is 9.43. The molecule has 1 fully saturated rings. The third-order valence-corrected chi connectivity index (χ3v) is 2.34. The van der Waals surface area contributed by atoms with Gasteiger partial charge in [-0.15, -0.1) is 0 Å². The maximum atomic E-state index is 11.1. The molecule has 4 nitrogen and oxygen atoms in total. The van der Waals surface area contributed by atoms with Crippen LogP contribution in [0.1, 0.15) is 6.92 Å². The molecule has 0 bridgehead atoms. The van der Waals surface area contributed by atoms with Crippen LogP contribution in [0, 0.1) is 0 Å². The van der Waals surface area contributed by atoms with Gasteiger partial charge < -0.3 is 14.6 Å². The molecule has 1 N–H and O–H groups in total. The monoisotopic (exact) mass is 196 g/mol. The molecule has 1 saturated heterocycles. The van der Waals surface area contributed by atoms with Gasteiger partial charge in [-0.1, -0.05) is 12.2 Å². The lowest BCUT2D eigenvalue weighted by molar-refractivity contribution is -0.135. The fraction of sp³-hybridized carbons (Fsp3) is 0.500. The number of allylic oxidation sites excluding steroid dienone is 1. The van der Waals surface area contributed by atoms with Gasteiger partial charge in [0.15, 0.2) is 0 Å². The average Bonchev–Trinajstić information content (AvgIpc) is 2.50. The molecule has 0 aromatic rings. The summed E-state index contributed by atoms with van der Waals surface area (Å²) in [5.74, 6) is -0.382. The van der Waals surface area contributed by atoms with Crippen molar-refractivity contribution in [3.8, 4) is 0 Å². The van der Waals surface area contributed by atoms with Crippen molar-refractivity contribution < 1.29 is 19.4 Å². The van der Waals surface area contributed by atoms with Crippen molar-refractivity contribution in [3.05, 3.63) is 23.8 Å². The summed E-state index contributed by atoms with van der Waals surface area (Å²) < 4.78 is 10.3. The van der Waals surface area contributed by atoms with E-state index in [0.29, 0.717) is 5.57 Å². The Morgan fingerprint density at radius 3 is 3.14 bits per heavy atom. The highest BCUT2D eigenvalue weighted by Gasteiger charge is 2.38. The molecule has 0 amide bonds. The Kier molecular flexibility index (Phi) is 2.39. The minimum absolute atomic E-state index is 0.255. The summed E-state index contributed by atoms with van der Waals surface area (Å²) in [7, 11) is 0. The third kappa shape index (κ3) is 1.47. The van der Waals surface area contributed by atoms with E-state index in [-0.39, 0.29) is 24.8 Å². The second-order valence-corrected chi connectivity index (χ2v) is 3.33. The van der Waals surface area contributed by atoms with Crippen LogP contribution in [0.3, 0.4) is 0 Å². The molecule has 2 heterocycles. The molecule has 0 aromatic heterocycles. The van der Waals surface area contributed by atoms with E-state index in [1.807, 2.05) is 13.0 Å². The highest BCUT2D eigenvalue weighted by molar-refractivity contribution is 5.92. The van der Waals surface area contributed by atoms with Gasteiger partial charge in [-0.3, -0.25) is 0 Å². The smallest absolute Gasteiger partial charge is 0.336 e. The third-order valence-electron chi connectivity index (χ3n) is 2.34. The lowest BCUT2D eigenvalue weighted by atomic mass is 10.0. The summed E-state index contributed by atoms with van der Waals surface area (Å²) >= 11 is 0. The number of rotatable bonds is 1. The fourth-order valence-electron chi connectivity index (χ4n) is 1.64. The van der Waals surface area contributed by atoms with Crippen molar-refractivity contribution >= 4 is 5.97 Å². The first-order valence-electron chi connectivity index (χ1n) is 4.57. The normalized spacial score (nSPS) is 36.9. The molecule has 3 atom stereocenters. The summed E-state index contributed by atoms with van der Waals surface area (Å²) in [6, 6.07) is 0. The standard InChI is InChI=1S/C10H12O4/c1-2-3-8-7(11)4-6-9(14-8)5-13-10(6)12/h2-4,7-9,11H,5H2,1H3/b3-2+/t7-,8-,9+/m0/s1. The van der Waals surface area contributed by atoms with Gasteiger partial charge in [0, 0.05) is 0 Å². The van der Waals surface area contributed by atoms with Crippen LogP contribution in [0.25, 0.3) is 0 Å². The number of esters is 1. The van der Waals surface area contributed by atoms with Crippen molar-refractivity contribution in [2.75, 3.05) is 6.61 Å². The SMILES string of the molecule is C/C=C/[C@@H]1O[C@@H]2COC(=O)C2=C[C@@H]1O. The molecule has 14 heavy (non-hydrogen) atoms. The molecule has 2 aliphatic rings. The first-order chi connectivity index (χ1) is 6.72. The number of aliphatic hydroxyl groups excluding tert-OH is 1. The second-order valence-electron chi connectivity index (χ2n) is 3.33. The van der Waals surface area contributed by atoms with Crippen molar-refractivity contribution in [1.29, 1.82) is 0 Å². The fourth-order valence-corrected chi connectivity index (χ4v) is 1.64. The molecular weight excluding hydrogens is 184 g/mol. The molecule has 0 aliphatic carbocycles. The first-order valence-corrected chi connectivity index (χ1v) is 4.57. The lowest BCUT2D eigenvalue weighted by Gasteiger charge is -2.26. The van der Waals surface area contributed by atoms with E-state index in [4.69, 9.17) is 9.47 Å². The van der Waals surface area contributed by atoms with Gasteiger partial charge in [0.05, 0.1) is 5.57 Å². The Balaban J connectivity index is 2.21.